The average Bonchev–Trinajstić information content (AvgIpc) is 3.22. The fourth-order valence-electron chi connectivity index (χ4n) is 6.81. The van der Waals surface area contributed by atoms with Gasteiger partial charge in [0.25, 0.3) is 0 Å². The van der Waals surface area contributed by atoms with Crippen molar-refractivity contribution in [3.05, 3.63) is 172 Å². The molecule has 5 aromatic rings. The van der Waals surface area contributed by atoms with Crippen molar-refractivity contribution in [2.24, 2.45) is 0 Å². The summed E-state index contributed by atoms with van der Waals surface area (Å²) in [6.45, 7) is -2.39. The van der Waals surface area contributed by atoms with Crippen LogP contribution in [0.3, 0.4) is 0 Å². The van der Waals surface area contributed by atoms with Crippen LogP contribution in [-0.4, -0.2) is 67.2 Å². The Morgan fingerprint density at radius 2 is 1.18 bits per heavy atom. The standard InChI is InChI=1S/C44H44ClF3O8/c1-51-44(36-19-22-38(45)35(24-36)23-31-17-20-37(21-18-31)55-30-43(46,47)48)41(54-27-34-15-9-4-10-16-34)39(52-25-32-11-5-2-6-12-32)40(42(28-49,29-50)56-44)53-26-33-13-7-3-8-14-33/h2-22,24,39-41,49-50H,23,25-30H2,1H3/t39-,40-,41-,44-/m0/s1. The summed E-state index contributed by atoms with van der Waals surface area (Å²) in [5.41, 5.74) is 2.64. The van der Waals surface area contributed by atoms with Crippen molar-refractivity contribution in [1.82, 2.24) is 0 Å². The molecule has 0 amide bonds. The summed E-state index contributed by atoms with van der Waals surface area (Å²) in [5.74, 6) is -1.74. The molecule has 2 N–H and O–H groups in total. The molecule has 0 aromatic heterocycles. The molecule has 0 bridgehead atoms. The molecule has 0 spiro atoms. The second-order valence-corrected chi connectivity index (χ2v) is 14.0. The highest BCUT2D eigenvalue weighted by Crippen LogP contribution is 2.48. The van der Waals surface area contributed by atoms with E-state index in [1.165, 1.54) is 19.2 Å². The SMILES string of the molecule is CO[C@@]1(c2ccc(Cl)c(Cc3ccc(OCC(F)(F)F)cc3)c2)OC(CO)(CO)[C@@H](OCc2ccccc2)[C@H](OCc2ccccc2)[C@@H]1OCc1ccccc1. The highest BCUT2D eigenvalue weighted by molar-refractivity contribution is 6.31. The van der Waals surface area contributed by atoms with E-state index in [4.69, 9.17) is 40.0 Å². The van der Waals surface area contributed by atoms with E-state index in [0.29, 0.717) is 16.1 Å². The minimum Gasteiger partial charge on any atom is -0.484 e. The molecule has 0 unspecified atom stereocenters. The van der Waals surface area contributed by atoms with Crippen molar-refractivity contribution < 1.29 is 51.8 Å². The smallest absolute Gasteiger partial charge is 0.422 e. The van der Waals surface area contributed by atoms with Gasteiger partial charge >= 0.3 is 6.18 Å². The lowest BCUT2D eigenvalue weighted by Gasteiger charge is -2.56. The first kappa shape index (κ1) is 41.3. The summed E-state index contributed by atoms with van der Waals surface area (Å²) >= 11 is 6.77. The van der Waals surface area contributed by atoms with Crippen molar-refractivity contribution in [1.29, 1.82) is 0 Å². The van der Waals surface area contributed by atoms with Crippen molar-refractivity contribution >= 4 is 11.6 Å². The van der Waals surface area contributed by atoms with E-state index in [2.05, 4.69) is 0 Å². The molecule has 56 heavy (non-hydrogen) atoms. The largest absolute Gasteiger partial charge is 0.484 e. The lowest BCUT2D eigenvalue weighted by Crippen LogP contribution is -2.72. The third-order valence-electron chi connectivity index (χ3n) is 9.68. The Morgan fingerprint density at radius 1 is 0.661 bits per heavy atom. The summed E-state index contributed by atoms with van der Waals surface area (Å²) in [7, 11) is 1.45. The zero-order chi connectivity index (χ0) is 39.6. The van der Waals surface area contributed by atoms with Crippen LogP contribution < -0.4 is 4.74 Å². The third kappa shape index (κ3) is 9.98. The van der Waals surface area contributed by atoms with Crippen molar-refractivity contribution in [3.63, 3.8) is 0 Å². The Bertz CT molecular complexity index is 1950. The quantitative estimate of drug-likeness (QED) is 0.0975. The van der Waals surface area contributed by atoms with Crippen LogP contribution in [0.15, 0.2) is 133 Å². The number of rotatable bonds is 17. The van der Waals surface area contributed by atoms with Crippen molar-refractivity contribution in [2.75, 3.05) is 26.9 Å². The minimum atomic E-state index is -4.46. The Labute approximate surface area is 329 Å². The number of aliphatic hydroxyl groups is 2. The molecular formula is C44H44ClF3O8. The molecule has 296 valence electrons. The maximum absolute atomic E-state index is 12.7. The molecule has 12 heteroatoms. The normalized spacial score (nSPS) is 20.8. The van der Waals surface area contributed by atoms with E-state index in [0.717, 1.165) is 22.3 Å². The molecule has 1 heterocycles. The molecule has 1 fully saturated rings. The van der Waals surface area contributed by atoms with Crippen LogP contribution in [0.5, 0.6) is 5.75 Å². The van der Waals surface area contributed by atoms with Gasteiger partial charge < -0.3 is 38.6 Å². The minimum absolute atomic E-state index is 0.0770. The summed E-state index contributed by atoms with van der Waals surface area (Å²) in [6.07, 6.45) is -7.32. The van der Waals surface area contributed by atoms with Gasteiger partial charge in [-0.15, -0.1) is 0 Å². The first-order valence-corrected chi connectivity index (χ1v) is 18.5. The molecule has 0 saturated carbocycles. The summed E-state index contributed by atoms with van der Waals surface area (Å²) in [5, 5.41) is 22.7. The van der Waals surface area contributed by atoms with Crippen LogP contribution in [0.1, 0.15) is 33.4 Å². The molecule has 4 atom stereocenters. The van der Waals surface area contributed by atoms with E-state index < -0.39 is 55.7 Å². The number of alkyl halides is 3. The zero-order valence-electron chi connectivity index (χ0n) is 30.7. The Hall–Kier alpha value is -4.30. The van der Waals surface area contributed by atoms with E-state index >= 15 is 0 Å². The van der Waals surface area contributed by atoms with Gasteiger partial charge in [-0.05, 0) is 58.5 Å². The average molecular weight is 793 g/mol. The number of benzene rings is 5. The van der Waals surface area contributed by atoms with Crippen LogP contribution >= 0.6 is 11.6 Å². The number of methoxy groups -OCH3 is 1. The predicted molar refractivity (Wildman–Crippen MR) is 204 cm³/mol. The van der Waals surface area contributed by atoms with Crippen molar-refractivity contribution in [2.45, 2.75) is 62.1 Å². The van der Waals surface area contributed by atoms with Gasteiger partial charge in [-0.2, -0.15) is 13.2 Å². The van der Waals surface area contributed by atoms with Crippen molar-refractivity contribution in [3.8, 4) is 5.75 Å². The monoisotopic (exact) mass is 792 g/mol. The van der Waals surface area contributed by atoms with Gasteiger partial charge in [-0.1, -0.05) is 121 Å². The molecule has 6 rings (SSSR count). The second-order valence-electron chi connectivity index (χ2n) is 13.6. The summed E-state index contributed by atoms with van der Waals surface area (Å²) in [6, 6.07) is 40.1. The highest BCUT2D eigenvalue weighted by Gasteiger charge is 2.64. The van der Waals surface area contributed by atoms with Gasteiger partial charge in [0.1, 0.15) is 29.7 Å². The maximum Gasteiger partial charge on any atom is 0.422 e. The summed E-state index contributed by atoms with van der Waals surface area (Å²) < 4.78 is 76.5. The fourth-order valence-corrected chi connectivity index (χ4v) is 7.00. The van der Waals surface area contributed by atoms with Crippen LogP contribution in [0.25, 0.3) is 0 Å². The van der Waals surface area contributed by atoms with Crippen LogP contribution in [-0.2, 0) is 55.7 Å². The number of hydrogen-bond acceptors (Lipinski definition) is 8. The van der Waals surface area contributed by atoms with Gasteiger partial charge in [0.15, 0.2) is 6.61 Å². The molecular weight excluding hydrogens is 749 g/mol. The zero-order valence-corrected chi connectivity index (χ0v) is 31.5. The first-order chi connectivity index (χ1) is 27.1. The maximum atomic E-state index is 12.7. The van der Waals surface area contributed by atoms with Gasteiger partial charge in [0.05, 0.1) is 33.0 Å². The second kappa shape index (κ2) is 18.8. The number of halogens is 4. The van der Waals surface area contributed by atoms with Crippen LogP contribution in [0.2, 0.25) is 5.02 Å². The van der Waals surface area contributed by atoms with Gasteiger partial charge in [-0.3, -0.25) is 0 Å². The first-order valence-electron chi connectivity index (χ1n) is 18.1. The molecule has 0 aliphatic carbocycles. The van der Waals surface area contributed by atoms with Gasteiger partial charge in [-0.25, -0.2) is 0 Å². The van der Waals surface area contributed by atoms with E-state index in [-0.39, 0.29) is 32.0 Å². The molecule has 8 nitrogen and oxygen atoms in total. The summed E-state index contributed by atoms with van der Waals surface area (Å²) in [4.78, 5) is 0. The van der Waals surface area contributed by atoms with Gasteiger partial charge in [0.2, 0.25) is 5.79 Å². The number of hydrogen-bond donors (Lipinski definition) is 2. The molecule has 1 aliphatic rings. The lowest BCUT2D eigenvalue weighted by molar-refractivity contribution is -0.417. The third-order valence-corrected chi connectivity index (χ3v) is 10.1. The molecule has 0 radical (unpaired) electrons. The molecule has 1 saturated heterocycles. The van der Waals surface area contributed by atoms with Crippen LogP contribution in [0, 0.1) is 0 Å². The highest BCUT2D eigenvalue weighted by atomic mass is 35.5. The van der Waals surface area contributed by atoms with Gasteiger partial charge in [0, 0.05) is 17.7 Å². The topological polar surface area (TPSA) is 95.8 Å². The number of ether oxygens (including phenoxy) is 6. The Morgan fingerprint density at radius 3 is 1.68 bits per heavy atom. The predicted octanol–water partition coefficient (Wildman–Crippen LogP) is 8.18. The van der Waals surface area contributed by atoms with Crippen LogP contribution in [0.4, 0.5) is 13.2 Å². The molecule has 1 aliphatic heterocycles. The Kier molecular flexibility index (Phi) is 13.8. The fraction of sp³-hybridized carbons (Fsp3) is 0.318. The lowest BCUT2D eigenvalue weighted by atomic mass is 9.80. The number of aliphatic hydroxyl groups excluding tert-OH is 2. The van der Waals surface area contributed by atoms with E-state index in [9.17, 15) is 23.4 Å². The van der Waals surface area contributed by atoms with E-state index in [1.807, 2.05) is 91.0 Å². The molecule has 5 aromatic carbocycles. The van der Waals surface area contributed by atoms with E-state index in [1.54, 1.807) is 30.3 Å². The Balaban J connectivity index is 1.42.